The third-order valence-electron chi connectivity index (χ3n) is 3.60. The second-order valence-corrected chi connectivity index (χ2v) is 6.93. The first kappa shape index (κ1) is 17.0. The largest absolute Gasteiger partial charge is 0.489 e. The third kappa shape index (κ3) is 4.35. The summed E-state index contributed by atoms with van der Waals surface area (Å²) in [5.74, 6) is 0.806. The fourth-order valence-corrected chi connectivity index (χ4v) is 3.34. The Morgan fingerprint density at radius 2 is 1.96 bits per heavy atom. The summed E-state index contributed by atoms with van der Waals surface area (Å²) in [6.07, 6.45) is 1.98. The summed E-state index contributed by atoms with van der Waals surface area (Å²) in [5.41, 5.74) is 4.02. The summed E-state index contributed by atoms with van der Waals surface area (Å²) < 4.78 is 6.83. The Morgan fingerprint density at radius 3 is 2.67 bits per heavy atom. The van der Waals surface area contributed by atoms with Gasteiger partial charge >= 0.3 is 0 Å². The fraction of sp³-hybridized carbons (Fsp3) is 0.100. The maximum atomic E-state index is 9.72. The van der Waals surface area contributed by atoms with Crippen LogP contribution < -0.4 is 4.74 Å². The zero-order chi connectivity index (χ0) is 16.8. The molecule has 2 aromatic carbocycles. The number of hydrogen-bond acceptors (Lipinski definition) is 3. The Kier molecular flexibility index (Phi) is 5.86. The van der Waals surface area contributed by atoms with E-state index in [9.17, 15) is 5.11 Å². The van der Waals surface area contributed by atoms with E-state index in [0.29, 0.717) is 6.61 Å². The maximum Gasteiger partial charge on any atom is 0.120 e. The number of aliphatic hydroxyl groups is 1. The lowest BCUT2D eigenvalue weighted by molar-refractivity contribution is 0.306. The van der Waals surface area contributed by atoms with Gasteiger partial charge in [-0.05, 0) is 63.4 Å². The zero-order valence-corrected chi connectivity index (χ0v) is 15.4. The molecular weight excluding hydrogens is 384 g/mol. The lowest BCUT2D eigenvalue weighted by Crippen LogP contribution is -1.95. The highest BCUT2D eigenvalue weighted by atomic mass is 79.9. The molecule has 0 saturated heterocycles. The van der Waals surface area contributed by atoms with Gasteiger partial charge in [0.15, 0.2) is 0 Å². The number of ether oxygens (including phenoxy) is 1. The Bertz CT molecular complexity index is 811. The molecule has 0 aliphatic heterocycles. The van der Waals surface area contributed by atoms with Gasteiger partial charge in [0, 0.05) is 4.47 Å². The molecule has 122 valence electrons. The first-order valence-corrected chi connectivity index (χ1v) is 9.30. The summed E-state index contributed by atoms with van der Waals surface area (Å²) in [6, 6.07) is 17.8. The van der Waals surface area contributed by atoms with E-state index in [2.05, 4.69) is 27.4 Å². The van der Waals surface area contributed by atoms with Crippen molar-refractivity contribution in [3.8, 4) is 5.75 Å². The number of aliphatic hydroxyl groups excluding tert-OH is 1. The molecule has 1 heterocycles. The van der Waals surface area contributed by atoms with Crippen LogP contribution in [-0.2, 0) is 6.61 Å². The lowest BCUT2D eigenvalue weighted by atomic mass is 10.0. The van der Waals surface area contributed by atoms with Crippen LogP contribution in [0.1, 0.15) is 16.7 Å². The van der Waals surface area contributed by atoms with Crippen LogP contribution >= 0.6 is 27.3 Å². The number of hydrogen-bond donors (Lipinski definition) is 1. The van der Waals surface area contributed by atoms with Crippen molar-refractivity contribution in [1.29, 1.82) is 0 Å². The van der Waals surface area contributed by atoms with Crippen molar-refractivity contribution in [2.75, 3.05) is 6.61 Å². The van der Waals surface area contributed by atoms with Gasteiger partial charge < -0.3 is 9.84 Å². The second kappa shape index (κ2) is 8.29. The topological polar surface area (TPSA) is 29.5 Å². The number of thiophene rings is 1. The van der Waals surface area contributed by atoms with Gasteiger partial charge in [0.2, 0.25) is 0 Å². The Balaban J connectivity index is 1.84. The average Bonchev–Trinajstić information content (AvgIpc) is 3.14. The van der Waals surface area contributed by atoms with Gasteiger partial charge in [-0.25, -0.2) is 0 Å². The van der Waals surface area contributed by atoms with Gasteiger partial charge in [0.1, 0.15) is 12.4 Å². The highest BCUT2D eigenvalue weighted by molar-refractivity contribution is 9.10. The Labute approximate surface area is 154 Å². The van der Waals surface area contributed by atoms with Crippen LogP contribution in [0.15, 0.2) is 69.8 Å². The first-order chi connectivity index (χ1) is 11.8. The average molecular weight is 401 g/mol. The monoisotopic (exact) mass is 400 g/mol. The van der Waals surface area contributed by atoms with E-state index in [1.807, 2.05) is 60.0 Å². The second-order valence-electron chi connectivity index (χ2n) is 5.30. The standard InChI is InChI=1S/C20H17BrO2S/c21-20-7-6-19(23-13-15-8-9-24-14-15)11-17(20)10-18(12-22)16-4-2-1-3-5-16/h1-11,14,22H,12-13H2/b18-10-. The molecule has 1 aromatic heterocycles. The van der Waals surface area contributed by atoms with Crippen molar-refractivity contribution in [2.45, 2.75) is 6.61 Å². The smallest absolute Gasteiger partial charge is 0.120 e. The van der Waals surface area contributed by atoms with E-state index in [-0.39, 0.29) is 6.61 Å². The van der Waals surface area contributed by atoms with Crippen molar-refractivity contribution >= 4 is 38.9 Å². The molecule has 0 fully saturated rings. The van der Waals surface area contributed by atoms with Crippen LogP contribution in [0.4, 0.5) is 0 Å². The number of halogens is 1. The van der Waals surface area contributed by atoms with Crippen LogP contribution in [0, 0.1) is 0 Å². The molecule has 1 N–H and O–H groups in total. The predicted molar refractivity (Wildman–Crippen MR) is 104 cm³/mol. The zero-order valence-electron chi connectivity index (χ0n) is 13.0. The van der Waals surface area contributed by atoms with Crippen LogP contribution in [0.25, 0.3) is 11.6 Å². The van der Waals surface area contributed by atoms with E-state index >= 15 is 0 Å². The lowest BCUT2D eigenvalue weighted by Gasteiger charge is -2.09. The first-order valence-electron chi connectivity index (χ1n) is 7.56. The molecule has 0 atom stereocenters. The molecule has 0 spiro atoms. The summed E-state index contributed by atoms with van der Waals surface area (Å²) in [5, 5.41) is 13.8. The van der Waals surface area contributed by atoms with Crippen molar-refractivity contribution in [3.63, 3.8) is 0 Å². The van der Waals surface area contributed by atoms with Gasteiger partial charge in [-0.2, -0.15) is 11.3 Å². The highest BCUT2D eigenvalue weighted by Crippen LogP contribution is 2.27. The Hall–Kier alpha value is -1.88. The van der Waals surface area contributed by atoms with Crippen molar-refractivity contribution < 1.29 is 9.84 Å². The minimum absolute atomic E-state index is 0.0174. The molecule has 2 nitrogen and oxygen atoms in total. The van der Waals surface area contributed by atoms with Gasteiger partial charge in [-0.15, -0.1) is 0 Å². The van der Waals surface area contributed by atoms with Gasteiger partial charge in [-0.1, -0.05) is 46.3 Å². The van der Waals surface area contributed by atoms with Crippen LogP contribution in [-0.4, -0.2) is 11.7 Å². The minimum Gasteiger partial charge on any atom is -0.489 e. The van der Waals surface area contributed by atoms with Gasteiger partial charge in [-0.3, -0.25) is 0 Å². The fourth-order valence-electron chi connectivity index (χ4n) is 2.32. The van der Waals surface area contributed by atoms with Gasteiger partial charge in [0.05, 0.1) is 6.61 Å². The summed E-state index contributed by atoms with van der Waals surface area (Å²) in [6.45, 7) is 0.538. The van der Waals surface area contributed by atoms with Crippen LogP contribution in [0.2, 0.25) is 0 Å². The number of benzene rings is 2. The molecule has 3 rings (SSSR count). The maximum absolute atomic E-state index is 9.72. The molecule has 3 aromatic rings. The van der Waals surface area contributed by atoms with Crippen molar-refractivity contribution in [1.82, 2.24) is 0 Å². The molecular formula is C20H17BrO2S. The quantitative estimate of drug-likeness (QED) is 0.543. The van der Waals surface area contributed by atoms with E-state index < -0.39 is 0 Å². The van der Waals surface area contributed by atoms with Crippen LogP contribution in [0.5, 0.6) is 5.75 Å². The summed E-state index contributed by atoms with van der Waals surface area (Å²) in [4.78, 5) is 0. The predicted octanol–water partition coefficient (Wildman–Crippen LogP) is 5.62. The van der Waals surface area contributed by atoms with E-state index in [1.165, 1.54) is 5.56 Å². The third-order valence-corrected chi connectivity index (χ3v) is 5.05. The van der Waals surface area contributed by atoms with E-state index in [4.69, 9.17) is 4.74 Å². The molecule has 0 aliphatic carbocycles. The highest BCUT2D eigenvalue weighted by Gasteiger charge is 2.05. The van der Waals surface area contributed by atoms with Gasteiger partial charge in [0.25, 0.3) is 0 Å². The van der Waals surface area contributed by atoms with E-state index in [0.717, 1.165) is 26.9 Å². The molecule has 0 saturated carbocycles. The summed E-state index contributed by atoms with van der Waals surface area (Å²) in [7, 11) is 0. The molecule has 24 heavy (non-hydrogen) atoms. The molecule has 0 bridgehead atoms. The molecule has 0 unspecified atom stereocenters. The minimum atomic E-state index is -0.0174. The normalized spacial score (nSPS) is 11.5. The SMILES string of the molecule is OC/C(=C/c1cc(OCc2ccsc2)ccc1Br)c1ccccc1. The Morgan fingerprint density at radius 1 is 1.12 bits per heavy atom. The molecule has 0 aliphatic rings. The molecule has 0 radical (unpaired) electrons. The van der Waals surface area contributed by atoms with Crippen LogP contribution in [0.3, 0.4) is 0 Å². The van der Waals surface area contributed by atoms with E-state index in [1.54, 1.807) is 11.3 Å². The molecule has 4 heteroatoms. The number of rotatable bonds is 6. The van der Waals surface area contributed by atoms with Crippen molar-refractivity contribution in [2.24, 2.45) is 0 Å². The molecule has 0 amide bonds. The summed E-state index contributed by atoms with van der Waals surface area (Å²) >= 11 is 5.23. The van der Waals surface area contributed by atoms with Crippen molar-refractivity contribution in [3.05, 3.63) is 86.5 Å².